The molecule has 0 aromatic carbocycles. The van der Waals surface area contributed by atoms with E-state index in [1.54, 1.807) is 0 Å². The van der Waals surface area contributed by atoms with Gasteiger partial charge in [0.2, 0.25) is 0 Å². The fourth-order valence-corrected chi connectivity index (χ4v) is 2.31. The summed E-state index contributed by atoms with van der Waals surface area (Å²) in [6.45, 7) is 6.04. The van der Waals surface area contributed by atoms with Gasteiger partial charge in [0, 0.05) is 0 Å². The Morgan fingerprint density at radius 3 is 2.64 bits per heavy atom. The largest absolute Gasteiger partial charge is 0.393 e. The van der Waals surface area contributed by atoms with Crippen LogP contribution >= 0.6 is 0 Å². The number of rotatable bonds is 6. The average molecular weight is 196 g/mol. The van der Waals surface area contributed by atoms with Crippen LogP contribution in [0.3, 0.4) is 0 Å². The molecule has 1 saturated carbocycles. The predicted octanol–water partition coefficient (Wildman–Crippen LogP) is 3.67. The molecule has 14 heavy (non-hydrogen) atoms. The molecular formula is C13H24O. The molecule has 1 N–H and O–H groups in total. The van der Waals surface area contributed by atoms with Gasteiger partial charge in [-0.3, -0.25) is 0 Å². The highest BCUT2D eigenvalue weighted by Crippen LogP contribution is 2.29. The highest BCUT2D eigenvalue weighted by molar-refractivity contribution is 4.94. The summed E-state index contributed by atoms with van der Waals surface area (Å²) in [4.78, 5) is 0. The maximum Gasteiger partial charge on any atom is 0.0577 e. The van der Waals surface area contributed by atoms with Crippen molar-refractivity contribution in [2.75, 3.05) is 0 Å². The first-order chi connectivity index (χ1) is 6.72. The lowest BCUT2D eigenvalue weighted by atomic mass is 9.96. The van der Waals surface area contributed by atoms with E-state index in [4.69, 9.17) is 0 Å². The van der Waals surface area contributed by atoms with E-state index in [0.717, 1.165) is 25.2 Å². The van der Waals surface area contributed by atoms with E-state index < -0.39 is 0 Å². The molecule has 1 aliphatic carbocycles. The molecule has 1 unspecified atom stereocenters. The van der Waals surface area contributed by atoms with E-state index in [2.05, 4.69) is 13.5 Å². The second-order valence-corrected chi connectivity index (χ2v) is 4.69. The van der Waals surface area contributed by atoms with Crippen LogP contribution in [0.5, 0.6) is 0 Å². The van der Waals surface area contributed by atoms with Crippen molar-refractivity contribution in [2.24, 2.45) is 5.92 Å². The minimum atomic E-state index is -0.136. The van der Waals surface area contributed by atoms with E-state index in [0.29, 0.717) is 0 Å². The van der Waals surface area contributed by atoms with Gasteiger partial charge in [-0.1, -0.05) is 44.8 Å². The minimum absolute atomic E-state index is 0.136. The van der Waals surface area contributed by atoms with Gasteiger partial charge in [0.05, 0.1) is 6.10 Å². The Morgan fingerprint density at radius 1 is 1.43 bits per heavy atom. The van der Waals surface area contributed by atoms with Crippen molar-refractivity contribution in [2.45, 2.75) is 64.4 Å². The van der Waals surface area contributed by atoms with Crippen molar-refractivity contribution < 1.29 is 5.11 Å². The summed E-state index contributed by atoms with van der Waals surface area (Å²) in [6, 6.07) is 0. The van der Waals surface area contributed by atoms with Crippen LogP contribution < -0.4 is 0 Å². The van der Waals surface area contributed by atoms with Crippen molar-refractivity contribution in [3.63, 3.8) is 0 Å². The zero-order valence-corrected chi connectivity index (χ0v) is 9.47. The van der Waals surface area contributed by atoms with Gasteiger partial charge in [0.1, 0.15) is 0 Å². The third-order valence-electron chi connectivity index (χ3n) is 3.41. The molecule has 0 radical (unpaired) electrons. The molecule has 0 heterocycles. The SMILES string of the molecule is C=C(CC)CC(O)CCC1CCCC1. The molecular weight excluding hydrogens is 172 g/mol. The van der Waals surface area contributed by atoms with Gasteiger partial charge in [-0.2, -0.15) is 0 Å². The van der Waals surface area contributed by atoms with E-state index in [1.165, 1.54) is 37.7 Å². The summed E-state index contributed by atoms with van der Waals surface area (Å²) in [6.07, 6.45) is 9.46. The van der Waals surface area contributed by atoms with Crippen molar-refractivity contribution in [3.8, 4) is 0 Å². The maximum atomic E-state index is 9.75. The quantitative estimate of drug-likeness (QED) is 0.643. The Kier molecular flexibility index (Phi) is 5.24. The van der Waals surface area contributed by atoms with E-state index in [9.17, 15) is 5.11 Å². The molecule has 1 heteroatoms. The van der Waals surface area contributed by atoms with Crippen LogP contribution in [0.4, 0.5) is 0 Å². The lowest BCUT2D eigenvalue weighted by Crippen LogP contribution is -2.09. The van der Waals surface area contributed by atoms with Crippen LogP contribution in [0.15, 0.2) is 12.2 Å². The lowest BCUT2D eigenvalue weighted by molar-refractivity contribution is 0.154. The van der Waals surface area contributed by atoms with Crippen LogP contribution in [0.2, 0.25) is 0 Å². The summed E-state index contributed by atoms with van der Waals surface area (Å²) < 4.78 is 0. The van der Waals surface area contributed by atoms with Crippen LogP contribution in [0, 0.1) is 5.92 Å². The first-order valence-corrected chi connectivity index (χ1v) is 6.07. The molecule has 1 atom stereocenters. The molecule has 0 aromatic heterocycles. The van der Waals surface area contributed by atoms with Crippen LogP contribution in [0.1, 0.15) is 58.3 Å². The zero-order valence-electron chi connectivity index (χ0n) is 9.47. The molecule has 1 rings (SSSR count). The van der Waals surface area contributed by atoms with E-state index >= 15 is 0 Å². The highest BCUT2D eigenvalue weighted by Gasteiger charge is 2.16. The first kappa shape index (κ1) is 11.8. The monoisotopic (exact) mass is 196 g/mol. The normalized spacial score (nSPS) is 19.9. The van der Waals surface area contributed by atoms with Crippen molar-refractivity contribution in [3.05, 3.63) is 12.2 Å². The molecule has 0 spiro atoms. The second kappa shape index (κ2) is 6.23. The van der Waals surface area contributed by atoms with Crippen LogP contribution in [0.25, 0.3) is 0 Å². The number of hydrogen-bond donors (Lipinski definition) is 1. The van der Waals surface area contributed by atoms with Crippen LogP contribution in [-0.2, 0) is 0 Å². The standard InChI is InChI=1S/C13H24O/c1-3-11(2)10-13(14)9-8-12-6-4-5-7-12/h12-14H,2-10H2,1H3. The summed E-state index contributed by atoms with van der Waals surface area (Å²) in [5, 5.41) is 9.75. The molecule has 1 nitrogen and oxygen atoms in total. The van der Waals surface area contributed by atoms with Gasteiger partial charge in [-0.25, -0.2) is 0 Å². The fraction of sp³-hybridized carbons (Fsp3) is 0.846. The van der Waals surface area contributed by atoms with Gasteiger partial charge in [0.15, 0.2) is 0 Å². The number of hydrogen-bond acceptors (Lipinski definition) is 1. The van der Waals surface area contributed by atoms with Gasteiger partial charge in [-0.15, -0.1) is 0 Å². The molecule has 1 aliphatic rings. The van der Waals surface area contributed by atoms with Crippen molar-refractivity contribution in [1.82, 2.24) is 0 Å². The predicted molar refractivity (Wildman–Crippen MR) is 61.2 cm³/mol. The van der Waals surface area contributed by atoms with E-state index in [-0.39, 0.29) is 6.10 Å². The molecule has 0 aliphatic heterocycles. The van der Waals surface area contributed by atoms with Gasteiger partial charge < -0.3 is 5.11 Å². The summed E-state index contributed by atoms with van der Waals surface area (Å²) in [5.41, 5.74) is 1.18. The minimum Gasteiger partial charge on any atom is -0.393 e. The average Bonchev–Trinajstić information content (AvgIpc) is 2.67. The second-order valence-electron chi connectivity index (χ2n) is 4.69. The Morgan fingerprint density at radius 2 is 2.07 bits per heavy atom. The van der Waals surface area contributed by atoms with Crippen molar-refractivity contribution >= 4 is 0 Å². The molecule has 0 bridgehead atoms. The maximum absolute atomic E-state index is 9.75. The van der Waals surface area contributed by atoms with Gasteiger partial charge in [-0.05, 0) is 31.6 Å². The summed E-state index contributed by atoms with van der Waals surface area (Å²) in [5.74, 6) is 0.902. The smallest absolute Gasteiger partial charge is 0.0577 e. The van der Waals surface area contributed by atoms with Crippen molar-refractivity contribution in [1.29, 1.82) is 0 Å². The Bertz CT molecular complexity index is 168. The number of aliphatic hydroxyl groups is 1. The van der Waals surface area contributed by atoms with Gasteiger partial charge >= 0.3 is 0 Å². The van der Waals surface area contributed by atoms with E-state index in [1.807, 2.05) is 0 Å². The third-order valence-corrected chi connectivity index (χ3v) is 3.41. The summed E-state index contributed by atoms with van der Waals surface area (Å²) in [7, 11) is 0. The Hall–Kier alpha value is -0.300. The zero-order chi connectivity index (χ0) is 10.4. The molecule has 1 fully saturated rings. The lowest BCUT2D eigenvalue weighted by Gasteiger charge is -2.14. The van der Waals surface area contributed by atoms with Crippen LogP contribution in [-0.4, -0.2) is 11.2 Å². The molecule has 0 amide bonds. The number of aliphatic hydroxyl groups excluding tert-OH is 1. The fourth-order valence-electron chi connectivity index (χ4n) is 2.31. The Balaban J connectivity index is 2.07. The molecule has 0 saturated heterocycles. The first-order valence-electron chi connectivity index (χ1n) is 6.07. The Labute approximate surface area is 88.2 Å². The molecule has 0 aromatic rings. The van der Waals surface area contributed by atoms with Gasteiger partial charge in [0.25, 0.3) is 0 Å². The highest BCUT2D eigenvalue weighted by atomic mass is 16.3. The topological polar surface area (TPSA) is 20.2 Å². The summed E-state index contributed by atoms with van der Waals surface area (Å²) >= 11 is 0. The molecule has 82 valence electrons. The third kappa shape index (κ3) is 4.28.